The molecule has 13 heavy (non-hydrogen) atoms. The van der Waals surface area contributed by atoms with E-state index in [1.165, 1.54) is 7.05 Å². The molecule has 1 aromatic rings. The molecule has 0 unspecified atom stereocenters. The smallest absolute Gasteiger partial charge is 0.417 e. The Balaban J connectivity index is 3.17. The third-order valence-corrected chi connectivity index (χ3v) is 1.55. The summed E-state index contributed by atoms with van der Waals surface area (Å²) < 4.78 is 37.0. The van der Waals surface area contributed by atoms with E-state index in [0.717, 1.165) is 10.8 Å². The minimum absolute atomic E-state index is 0.382. The summed E-state index contributed by atoms with van der Waals surface area (Å²) in [6.07, 6.45) is -3.76. The van der Waals surface area contributed by atoms with E-state index >= 15 is 0 Å². The Kier molecular flexibility index (Phi) is 2.07. The molecule has 0 radical (unpaired) electrons. The standard InChI is InChI=1S/C7H6F3NO2/c1-11-3-4(7(8,9)10)2-5(11)6(12)13/h2-3H,1H3,(H,12,13). The molecule has 0 saturated carbocycles. The Hall–Kier alpha value is -1.46. The highest BCUT2D eigenvalue weighted by Gasteiger charge is 2.33. The number of carboxylic acid groups (broad SMARTS) is 1. The summed E-state index contributed by atoms with van der Waals surface area (Å²) in [5.74, 6) is -1.38. The fraction of sp³-hybridized carbons (Fsp3) is 0.286. The zero-order chi connectivity index (χ0) is 10.2. The summed E-state index contributed by atoms with van der Waals surface area (Å²) in [7, 11) is 1.25. The van der Waals surface area contributed by atoms with Crippen molar-refractivity contribution in [1.29, 1.82) is 0 Å². The lowest BCUT2D eigenvalue weighted by Gasteiger charge is -2.00. The van der Waals surface area contributed by atoms with Gasteiger partial charge in [-0.05, 0) is 6.07 Å². The number of rotatable bonds is 1. The first-order valence-corrected chi connectivity index (χ1v) is 3.29. The molecule has 72 valence electrons. The van der Waals surface area contributed by atoms with Gasteiger partial charge in [0.05, 0.1) is 5.56 Å². The van der Waals surface area contributed by atoms with E-state index in [1.807, 2.05) is 0 Å². The molecule has 0 bridgehead atoms. The molecule has 0 aliphatic rings. The molecule has 0 aliphatic heterocycles. The predicted molar refractivity (Wildman–Crippen MR) is 37.4 cm³/mol. The molecule has 6 heteroatoms. The highest BCUT2D eigenvalue weighted by Crippen LogP contribution is 2.30. The maximum absolute atomic E-state index is 12.0. The SMILES string of the molecule is Cn1cc(C(F)(F)F)cc1C(=O)O. The van der Waals surface area contributed by atoms with Gasteiger partial charge in [-0.25, -0.2) is 4.79 Å². The average Bonchev–Trinajstić information content (AvgIpc) is 2.29. The van der Waals surface area contributed by atoms with E-state index in [0.29, 0.717) is 6.07 Å². The summed E-state index contributed by atoms with van der Waals surface area (Å²) in [5.41, 5.74) is -1.33. The predicted octanol–water partition coefficient (Wildman–Crippen LogP) is 1.74. The fourth-order valence-corrected chi connectivity index (χ4v) is 0.932. The Bertz CT molecular complexity index is 340. The van der Waals surface area contributed by atoms with Gasteiger partial charge < -0.3 is 9.67 Å². The average molecular weight is 193 g/mol. The van der Waals surface area contributed by atoms with Crippen LogP contribution in [0.4, 0.5) is 13.2 Å². The lowest BCUT2D eigenvalue weighted by molar-refractivity contribution is -0.137. The number of nitrogens with zero attached hydrogens (tertiary/aromatic N) is 1. The maximum atomic E-state index is 12.0. The fourth-order valence-electron chi connectivity index (χ4n) is 0.932. The topological polar surface area (TPSA) is 42.2 Å². The van der Waals surface area contributed by atoms with Crippen LogP contribution in [0.25, 0.3) is 0 Å². The van der Waals surface area contributed by atoms with Crippen LogP contribution in [-0.2, 0) is 13.2 Å². The Labute approximate surface area is 71.4 Å². The molecule has 1 heterocycles. The molecular weight excluding hydrogens is 187 g/mol. The van der Waals surface area contributed by atoms with Gasteiger partial charge in [-0.15, -0.1) is 0 Å². The van der Waals surface area contributed by atoms with Crippen molar-refractivity contribution in [2.24, 2.45) is 7.05 Å². The van der Waals surface area contributed by atoms with Crippen molar-refractivity contribution in [2.45, 2.75) is 6.18 Å². The van der Waals surface area contributed by atoms with Gasteiger partial charge in [0.15, 0.2) is 0 Å². The van der Waals surface area contributed by atoms with E-state index in [9.17, 15) is 18.0 Å². The van der Waals surface area contributed by atoms with Crippen LogP contribution >= 0.6 is 0 Å². The Morgan fingerprint density at radius 1 is 1.54 bits per heavy atom. The van der Waals surface area contributed by atoms with Crippen LogP contribution in [0.5, 0.6) is 0 Å². The first-order chi connectivity index (χ1) is 5.82. The Morgan fingerprint density at radius 3 is 2.31 bits per heavy atom. The van der Waals surface area contributed by atoms with Gasteiger partial charge in [0, 0.05) is 13.2 Å². The van der Waals surface area contributed by atoms with Gasteiger partial charge >= 0.3 is 12.1 Å². The zero-order valence-corrected chi connectivity index (χ0v) is 6.59. The molecule has 0 aromatic carbocycles. The number of alkyl halides is 3. The number of carboxylic acids is 1. The van der Waals surface area contributed by atoms with Gasteiger partial charge in [0.25, 0.3) is 0 Å². The number of halogens is 3. The molecular formula is C7H6F3NO2. The largest absolute Gasteiger partial charge is 0.477 e. The monoisotopic (exact) mass is 193 g/mol. The summed E-state index contributed by atoms with van der Waals surface area (Å²) >= 11 is 0. The number of aryl methyl sites for hydroxylation is 1. The first kappa shape index (κ1) is 9.63. The third kappa shape index (κ3) is 1.82. The molecule has 0 amide bonds. The van der Waals surface area contributed by atoms with Crippen LogP contribution in [-0.4, -0.2) is 15.6 Å². The van der Waals surface area contributed by atoms with Crippen LogP contribution < -0.4 is 0 Å². The number of carbonyl (C=O) groups is 1. The van der Waals surface area contributed by atoms with Crippen molar-refractivity contribution in [3.05, 3.63) is 23.5 Å². The van der Waals surface area contributed by atoms with Gasteiger partial charge in [0.2, 0.25) is 0 Å². The third-order valence-electron chi connectivity index (χ3n) is 1.55. The van der Waals surface area contributed by atoms with E-state index in [2.05, 4.69) is 0 Å². The van der Waals surface area contributed by atoms with E-state index in [4.69, 9.17) is 5.11 Å². The quantitative estimate of drug-likeness (QED) is 0.738. The minimum Gasteiger partial charge on any atom is -0.477 e. The van der Waals surface area contributed by atoms with Gasteiger partial charge in [0.1, 0.15) is 5.69 Å². The van der Waals surface area contributed by atoms with Crippen LogP contribution in [0.3, 0.4) is 0 Å². The maximum Gasteiger partial charge on any atom is 0.417 e. The van der Waals surface area contributed by atoms with Crippen molar-refractivity contribution in [1.82, 2.24) is 4.57 Å². The summed E-state index contributed by atoms with van der Waals surface area (Å²) in [5, 5.41) is 8.46. The molecule has 0 fully saturated rings. The number of hydrogen-bond acceptors (Lipinski definition) is 1. The molecule has 3 nitrogen and oxygen atoms in total. The van der Waals surface area contributed by atoms with Crippen molar-refractivity contribution in [2.75, 3.05) is 0 Å². The second kappa shape index (κ2) is 2.79. The van der Waals surface area contributed by atoms with E-state index in [-0.39, 0.29) is 5.69 Å². The molecule has 0 saturated heterocycles. The molecule has 1 rings (SSSR count). The van der Waals surface area contributed by atoms with Crippen molar-refractivity contribution >= 4 is 5.97 Å². The Morgan fingerprint density at radius 2 is 2.08 bits per heavy atom. The molecule has 0 atom stereocenters. The number of hydrogen-bond donors (Lipinski definition) is 1. The van der Waals surface area contributed by atoms with Crippen LogP contribution in [0.15, 0.2) is 12.3 Å². The highest BCUT2D eigenvalue weighted by molar-refractivity contribution is 5.86. The van der Waals surface area contributed by atoms with E-state index in [1.54, 1.807) is 0 Å². The number of aromatic nitrogens is 1. The van der Waals surface area contributed by atoms with Crippen LogP contribution in [0.1, 0.15) is 16.1 Å². The van der Waals surface area contributed by atoms with Crippen molar-refractivity contribution in [3.8, 4) is 0 Å². The van der Waals surface area contributed by atoms with Crippen molar-refractivity contribution < 1.29 is 23.1 Å². The minimum atomic E-state index is -4.49. The molecule has 1 N–H and O–H groups in total. The molecule has 1 aromatic heterocycles. The molecule has 0 spiro atoms. The first-order valence-electron chi connectivity index (χ1n) is 3.29. The van der Waals surface area contributed by atoms with Crippen molar-refractivity contribution in [3.63, 3.8) is 0 Å². The normalized spacial score (nSPS) is 11.7. The number of aromatic carboxylic acids is 1. The second-order valence-corrected chi connectivity index (χ2v) is 2.53. The van der Waals surface area contributed by atoms with Crippen LogP contribution in [0, 0.1) is 0 Å². The lowest BCUT2D eigenvalue weighted by Crippen LogP contribution is -2.02. The van der Waals surface area contributed by atoms with Gasteiger partial charge in [-0.1, -0.05) is 0 Å². The van der Waals surface area contributed by atoms with E-state index < -0.39 is 17.7 Å². The molecule has 0 aliphatic carbocycles. The van der Waals surface area contributed by atoms with Crippen LogP contribution in [0.2, 0.25) is 0 Å². The van der Waals surface area contributed by atoms with Gasteiger partial charge in [-0.3, -0.25) is 0 Å². The summed E-state index contributed by atoms with van der Waals surface area (Å²) in [6, 6.07) is 0.600. The zero-order valence-electron chi connectivity index (χ0n) is 6.59. The van der Waals surface area contributed by atoms with Gasteiger partial charge in [-0.2, -0.15) is 13.2 Å². The lowest BCUT2D eigenvalue weighted by atomic mass is 10.3. The summed E-state index contributed by atoms with van der Waals surface area (Å²) in [4.78, 5) is 10.4. The summed E-state index contributed by atoms with van der Waals surface area (Å²) in [6.45, 7) is 0. The highest BCUT2D eigenvalue weighted by atomic mass is 19.4. The second-order valence-electron chi connectivity index (χ2n) is 2.53.